The molecule has 35 heavy (non-hydrogen) atoms. The Hall–Kier alpha value is -0.660. The second kappa shape index (κ2) is 18.6. The highest BCUT2D eigenvalue weighted by molar-refractivity contribution is 7.99. The SMILES string of the molecule is O=C(CCCCCCCCCCCP(=O)(O)O)Nc1ccccc1SCCCCCCP(=O)(O)O. The van der Waals surface area contributed by atoms with Gasteiger partial charge in [-0.25, -0.2) is 0 Å². The lowest BCUT2D eigenvalue weighted by molar-refractivity contribution is -0.116. The standard InChI is InChI=1S/C24H43NO7P2S/c26-24(18-10-6-4-2-1-3-5-7-13-19-33(27,28)29)25-22-16-11-12-17-23(22)35-21-15-9-8-14-20-34(30,31)32/h11-12,16-17H,1-10,13-15,18-21H2,(H,25,26)(H2,27,28,29)(H2,30,31,32). The van der Waals surface area contributed by atoms with Crippen molar-refractivity contribution < 1.29 is 33.5 Å². The van der Waals surface area contributed by atoms with Crippen molar-refractivity contribution in [2.75, 3.05) is 23.4 Å². The Bertz CT molecular complexity index is 813. The lowest BCUT2D eigenvalue weighted by Crippen LogP contribution is -2.11. The fourth-order valence-electron chi connectivity index (χ4n) is 3.70. The normalized spacial score (nSPS) is 12.1. The number of benzene rings is 1. The molecule has 0 heterocycles. The van der Waals surface area contributed by atoms with Crippen molar-refractivity contribution in [3.05, 3.63) is 24.3 Å². The van der Waals surface area contributed by atoms with E-state index >= 15 is 0 Å². The summed E-state index contributed by atoms with van der Waals surface area (Å²) in [7, 11) is -7.72. The molecule has 0 saturated carbocycles. The van der Waals surface area contributed by atoms with Gasteiger partial charge in [-0.05, 0) is 43.6 Å². The third-order valence-electron chi connectivity index (χ3n) is 5.62. The molecule has 1 aromatic carbocycles. The molecule has 0 aliphatic heterocycles. The molecule has 0 radical (unpaired) electrons. The number of rotatable bonds is 21. The van der Waals surface area contributed by atoms with E-state index in [4.69, 9.17) is 19.6 Å². The summed E-state index contributed by atoms with van der Waals surface area (Å²) in [5.74, 6) is 0.924. The van der Waals surface area contributed by atoms with Crippen molar-refractivity contribution in [2.24, 2.45) is 0 Å². The molecule has 8 nitrogen and oxygen atoms in total. The van der Waals surface area contributed by atoms with Gasteiger partial charge in [0.2, 0.25) is 5.91 Å². The summed E-state index contributed by atoms with van der Waals surface area (Å²) in [6.07, 6.45) is 12.5. The lowest BCUT2D eigenvalue weighted by atomic mass is 10.1. The van der Waals surface area contributed by atoms with Crippen LogP contribution in [0.3, 0.4) is 0 Å². The summed E-state index contributed by atoms with van der Waals surface area (Å²) >= 11 is 1.69. The Morgan fingerprint density at radius 3 is 1.69 bits per heavy atom. The van der Waals surface area contributed by atoms with Gasteiger partial charge < -0.3 is 24.9 Å². The molecule has 5 N–H and O–H groups in total. The number of unbranched alkanes of at least 4 members (excludes halogenated alkanes) is 11. The van der Waals surface area contributed by atoms with Gasteiger partial charge in [-0.2, -0.15) is 0 Å². The molecule has 11 heteroatoms. The second-order valence-corrected chi connectivity index (χ2v) is 13.7. The Balaban J connectivity index is 2.10. The summed E-state index contributed by atoms with van der Waals surface area (Å²) in [4.78, 5) is 48.8. The molecule has 0 unspecified atom stereocenters. The van der Waals surface area contributed by atoms with E-state index in [0.29, 0.717) is 19.3 Å². The van der Waals surface area contributed by atoms with Gasteiger partial charge >= 0.3 is 15.2 Å². The molecule has 1 rings (SSSR count). The maximum Gasteiger partial charge on any atom is 0.325 e. The van der Waals surface area contributed by atoms with E-state index in [-0.39, 0.29) is 18.2 Å². The molecule has 0 aliphatic carbocycles. The van der Waals surface area contributed by atoms with Crippen molar-refractivity contribution in [2.45, 2.75) is 94.8 Å². The number of para-hydroxylation sites is 1. The van der Waals surface area contributed by atoms with E-state index in [1.165, 1.54) is 0 Å². The highest BCUT2D eigenvalue weighted by Gasteiger charge is 2.12. The fourth-order valence-corrected chi connectivity index (χ4v) is 5.99. The van der Waals surface area contributed by atoms with Gasteiger partial charge in [-0.1, -0.05) is 69.9 Å². The summed E-state index contributed by atoms with van der Waals surface area (Å²) in [5, 5.41) is 3.03. The van der Waals surface area contributed by atoms with Gasteiger partial charge in [-0.3, -0.25) is 13.9 Å². The highest BCUT2D eigenvalue weighted by atomic mass is 32.2. The molecule has 0 fully saturated rings. The maximum atomic E-state index is 12.4. The van der Waals surface area contributed by atoms with Crippen LogP contribution in [0.25, 0.3) is 0 Å². The van der Waals surface area contributed by atoms with Crippen LogP contribution in [0.5, 0.6) is 0 Å². The minimum atomic E-state index is -3.88. The largest absolute Gasteiger partial charge is 0.325 e. The first-order chi connectivity index (χ1) is 16.6. The van der Waals surface area contributed by atoms with Gasteiger partial charge in [0.05, 0.1) is 5.69 Å². The third-order valence-corrected chi connectivity index (χ3v) is 8.57. The van der Waals surface area contributed by atoms with Crippen molar-refractivity contribution in [1.82, 2.24) is 0 Å². The van der Waals surface area contributed by atoms with Gasteiger partial charge in [0.25, 0.3) is 0 Å². The summed E-state index contributed by atoms with van der Waals surface area (Å²) in [5.41, 5.74) is 0.836. The number of anilines is 1. The molecule has 0 spiro atoms. The number of hydrogen-bond acceptors (Lipinski definition) is 4. The third kappa shape index (κ3) is 20.1. The summed E-state index contributed by atoms with van der Waals surface area (Å²) < 4.78 is 21.6. The average Bonchev–Trinajstić information content (AvgIpc) is 2.76. The maximum absolute atomic E-state index is 12.4. The predicted molar refractivity (Wildman–Crippen MR) is 144 cm³/mol. The van der Waals surface area contributed by atoms with Crippen molar-refractivity contribution in [3.8, 4) is 0 Å². The molecule has 0 aromatic heterocycles. The Morgan fingerprint density at radius 1 is 0.686 bits per heavy atom. The zero-order valence-corrected chi connectivity index (χ0v) is 23.3. The zero-order valence-electron chi connectivity index (χ0n) is 20.6. The number of carbonyl (C=O) groups excluding carboxylic acids is 1. The molecule has 0 saturated heterocycles. The molecule has 0 atom stereocenters. The molecule has 1 aromatic rings. The number of nitrogens with one attached hydrogen (secondary N) is 1. The van der Waals surface area contributed by atoms with Crippen LogP contribution < -0.4 is 5.32 Å². The minimum Gasteiger partial charge on any atom is -0.325 e. The predicted octanol–water partition coefficient (Wildman–Crippen LogP) is 6.53. The van der Waals surface area contributed by atoms with E-state index in [1.54, 1.807) is 11.8 Å². The smallest absolute Gasteiger partial charge is 0.325 e. The van der Waals surface area contributed by atoms with Crippen LogP contribution in [0.15, 0.2) is 29.2 Å². The van der Waals surface area contributed by atoms with Crippen LogP contribution in [0.1, 0.15) is 89.9 Å². The minimum absolute atomic E-state index is 0.0117. The van der Waals surface area contributed by atoms with Gasteiger partial charge in [0, 0.05) is 23.6 Å². The Kier molecular flexibility index (Phi) is 17.2. The van der Waals surface area contributed by atoms with Crippen molar-refractivity contribution >= 4 is 38.5 Å². The zero-order chi connectivity index (χ0) is 26.0. The van der Waals surface area contributed by atoms with Crippen LogP contribution in [-0.2, 0) is 13.9 Å². The molecular weight excluding hydrogens is 508 g/mol. The number of hydrogen-bond donors (Lipinski definition) is 5. The number of carbonyl (C=O) groups is 1. The first kappa shape index (κ1) is 32.4. The van der Waals surface area contributed by atoms with Crippen LogP contribution >= 0.6 is 27.0 Å². The molecule has 1 amide bonds. The van der Waals surface area contributed by atoms with E-state index < -0.39 is 15.2 Å². The number of amides is 1. The summed E-state index contributed by atoms with van der Waals surface area (Å²) in [6, 6.07) is 7.78. The Labute approximate surface area is 214 Å². The lowest BCUT2D eigenvalue weighted by Gasteiger charge is -2.11. The van der Waals surface area contributed by atoms with Gasteiger partial charge in [0.15, 0.2) is 0 Å². The summed E-state index contributed by atoms with van der Waals surface area (Å²) in [6.45, 7) is 0. The van der Waals surface area contributed by atoms with Crippen LogP contribution in [-0.4, -0.2) is 43.6 Å². The quantitative estimate of drug-likeness (QED) is 0.0659. The highest BCUT2D eigenvalue weighted by Crippen LogP contribution is 2.36. The van der Waals surface area contributed by atoms with Gasteiger partial charge in [0.1, 0.15) is 0 Å². The topological polar surface area (TPSA) is 144 Å². The monoisotopic (exact) mass is 551 g/mol. The van der Waals surface area contributed by atoms with E-state index in [1.807, 2.05) is 24.3 Å². The van der Waals surface area contributed by atoms with E-state index in [9.17, 15) is 13.9 Å². The van der Waals surface area contributed by atoms with Crippen molar-refractivity contribution in [1.29, 1.82) is 0 Å². The van der Waals surface area contributed by atoms with E-state index in [0.717, 1.165) is 87.0 Å². The van der Waals surface area contributed by atoms with Crippen LogP contribution in [0.4, 0.5) is 5.69 Å². The average molecular weight is 552 g/mol. The van der Waals surface area contributed by atoms with Crippen molar-refractivity contribution in [3.63, 3.8) is 0 Å². The molecule has 202 valence electrons. The fraction of sp³-hybridized carbons (Fsp3) is 0.708. The van der Waals surface area contributed by atoms with E-state index in [2.05, 4.69) is 5.32 Å². The number of thioether (sulfide) groups is 1. The van der Waals surface area contributed by atoms with Crippen LogP contribution in [0, 0.1) is 0 Å². The molecule has 0 aliphatic rings. The first-order valence-electron chi connectivity index (χ1n) is 12.7. The molecule has 0 bridgehead atoms. The Morgan fingerprint density at radius 2 is 1.14 bits per heavy atom. The molecular formula is C24H43NO7P2S. The first-order valence-corrected chi connectivity index (χ1v) is 17.3. The van der Waals surface area contributed by atoms with Gasteiger partial charge in [-0.15, -0.1) is 11.8 Å². The second-order valence-electron chi connectivity index (χ2n) is 9.02. The van der Waals surface area contributed by atoms with Crippen LogP contribution in [0.2, 0.25) is 0 Å².